The number of aromatic nitrogens is 2. The van der Waals surface area contributed by atoms with Crippen LogP contribution in [0.15, 0.2) is 16.7 Å². The number of rotatable bonds is 5. The Bertz CT molecular complexity index is 603. The van der Waals surface area contributed by atoms with Crippen LogP contribution in [0.25, 0.3) is 11.4 Å². The first-order valence-corrected chi connectivity index (χ1v) is 7.29. The topological polar surface area (TPSA) is 57.4 Å². The number of halogens is 2. The van der Waals surface area contributed by atoms with Crippen molar-refractivity contribution in [2.24, 2.45) is 0 Å². The minimum atomic E-state index is 0.0411. The molecule has 2 rings (SSSR count). The summed E-state index contributed by atoms with van der Waals surface area (Å²) in [5, 5.41) is 4.39. The molecular formula is C13H14BrClN2O3. The van der Waals surface area contributed by atoms with E-state index in [2.05, 4.69) is 26.1 Å². The van der Waals surface area contributed by atoms with Crippen molar-refractivity contribution < 1.29 is 14.0 Å². The van der Waals surface area contributed by atoms with Crippen molar-refractivity contribution in [3.63, 3.8) is 0 Å². The third-order valence-corrected chi connectivity index (χ3v) is 4.08. The maximum Gasteiger partial charge on any atom is 0.240 e. The standard InChI is InChI=1S/C13H14BrClN2O3/c1-4-8(14)13-16-12(17-20-13)7-5-9(15)11(19-3)10(6-7)18-2/h5-6,8H,4H2,1-3H3. The van der Waals surface area contributed by atoms with E-state index in [4.69, 9.17) is 25.6 Å². The van der Waals surface area contributed by atoms with E-state index >= 15 is 0 Å². The summed E-state index contributed by atoms with van der Waals surface area (Å²) in [6.45, 7) is 2.02. The number of alkyl halides is 1. The van der Waals surface area contributed by atoms with Gasteiger partial charge in [0.2, 0.25) is 11.7 Å². The van der Waals surface area contributed by atoms with Gasteiger partial charge in [-0.2, -0.15) is 4.98 Å². The molecule has 5 nitrogen and oxygen atoms in total. The molecule has 0 fully saturated rings. The molecule has 0 aliphatic rings. The number of hydrogen-bond acceptors (Lipinski definition) is 5. The molecule has 0 bridgehead atoms. The van der Waals surface area contributed by atoms with Gasteiger partial charge in [0, 0.05) is 5.56 Å². The summed E-state index contributed by atoms with van der Waals surface area (Å²) in [6, 6.07) is 3.47. The lowest BCUT2D eigenvalue weighted by atomic mass is 10.2. The smallest absolute Gasteiger partial charge is 0.240 e. The Hall–Kier alpha value is -1.27. The quantitative estimate of drug-likeness (QED) is 0.745. The van der Waals surface area contributed by atoms with Crippen LogP contribution in [0.5, 0.6) is 11.5 Å². The van der Waals surface area contributed by atoms with Gasteiger partial charge in [-0.3, -0.25) is 0 Å². The van der Waals surface area contributed by atoms with Gasteiger partial charge in [0.25, 0.3) is 0 Å². The van der Waals surface area contributed by atoms with Gasteiger partial charge in [-0.1, -0.05) is 39.6 Å². The van der Waals surface area contributed by atoms with Crippen LogP contribution in [0, 0.1) is 0 Å². The zero-order valence-electron chi connectivity index (χ0n) is 11.3. The van der Waals surface area contributed by atoms with E-state index in [9.17, 15) is 0 Å². The Balaban J connectivity index is 2.42. The molecule has 0 aliphatic heterocycles. The number of hydrogen-bond donors (Lipinski definition) is 0. The molecule has 1 aromatic carbocycles. The zero-order chi connectivity index (χ0) is 14.7. The Morgan fingerprint density at radius 2 is 2.10 bits per heavy atom. The van der Waals surface area contributed by atoms with Crippen LogP contribution in [0.2, 0.25) is 5.02 Å². The first-order chi connectivity index (χ1) is 9.60. The summed E-state index contributed by atoms with van der Waals surface area (Å²) in [7, 11) is 3.08. The van der Waals surface area contributed by atoms with E-state index < -0.39 is 0 Å². The summed E-state index contributed by atoms with van der Waals surface area (Å²) in [4.78, 5) is 4.38. The third kappa shape index (κ3) is 2.91. The zero-order valence-corrected chi connectivity index (χ0v) is 13.7. The predicted octanol–water partition coefficient (Wildman–Crippen LogP) is 4.25. The molecule has 0 aliphatic carbocycles. The fourth-order valence-corrected chi connectivity index (χ4v) is 2.18. The van der Waals surface area contributed by atoms with E-state index in [0.29, 0.717) is 33.8 Å². The molecule has 0 amide bonds. The van der Waals surface area contributed by atoms with Gasteiger partial charge in [-0.25, -0.2) is 0 Å². The Labute approximate surface area is 130 Å². The van der Waals surface area contributed by atoms with E-state index in [-0.39, 0.29) is 4.83 Å². The van der Waals surface area contributed by atoms with Crippen molar-refractivity contribution in [3.8, 4) is 22.9 Å². The normalized spacial score (nSPS) is 12.2. The Morgan fingerprint density at radius 3 is 2.70 bits per heavy atom. The first kappa shape index (κ1) is 15.1. The second kappa shape index (κ2) is 6.45. The highest BCUT2D eigenvalue weighted by atomic mass is 79.9. The summed E-state index contributed by atoms with van der Waals surface area (Å²) < 4.78 is 15.7. The van der Waals surface area contributed by atoms with Gasteiger partial charge < -0.3 is 14.0 Å². The Kier molecular flexibility index (Phi) is 4.88. The van der Waals surface area contributed by atoms with Crippen molar-refractivity contribution in [1.82, 2.24) is 10.1 Å². The van der Waals surface area contributed by atoms with Crippen molar-refractivity contribution in [1.29, 1.82) is 0 Å². The molecular weight excluding hydrogens is 348 g/mol. The highest BCUT2D eigenvalue weighted by molar-refractivity contribution is 9.09. The third-order valence-electron chi connectivity index (χ3n) is 2.76. The van der Waals surface area contributed by atoms with Crippen LogP contribution in [0.3, 0.4) is 0 Å². The van der Waals surface area contributed by atoms with Crippen molar-refractivity contribution in [2.75, 3.05) is 14.2 Å². The fourth-order valence-electron chi connectivity index (χ4n) is 1.70. The molecule has 2 aromatic rings. The molecule has 0 saturated carbocycles. The molecule has 1 atom stereocenters. The summed E-state index contributed by atoms with van der Waals surface area (Å²) in [5.41, 5.74) is 0.707. The summed E-state index contributed by atoms with van der Waals surface area (Å²) in [6.07, 6.45) is 0.855. The van der Waals surface area contributed by atoms with Gasteiger partial charge >= 0.3 is 0 Å². The largest absolute Gasteiger partial charge is 0.493 e. The number of methoxy groups -OCH3 is 2. The van der Waals surface area contributed by atoms with Gasteiger partial charge in [0.15, 0.2) is 11.5 Å². The summed E-state index contributed by atoms with van der Waals surface area (Å²) >= 11 is 9.63. The van der Waals surface area contributed by atoms with Crippen LogP contribution in [-0.4, -0.2) is 24.4 Å². The van der Waals surface area contributed by atoms with Gasteiger partial charge in [-0.05, 0) is 18.6 Å². The molecule has 0 spiro atoms. The molecule has 1 unspecified atom stereocenters. The lowest BCUT2D eigenvalue weighted by Gasteiger charge is -2.10. The monoisotopic (exact) mass is 360 g/mol. The second-order valence-corrected chi connectivity index (χ2v) is 5.54. The second-order valence-electron chi connectivity index (χ2n) is 4.03. The molecule has 20 heavy (non-hydrogen) atoms. The average Bonchev–Trinajstić information content (AvgIpc) is 2.95. The number of benzene rings is 1. The van der Waals surface area contributed by atoms with E-state index in [1.807, 2.05) is 6.92 Å². The van der Waals surface area contributed by atoms with Crippen LogP contribution >= 0.6 is 27.5 Å². The average molecular weight is 362 g/mol. The minimum Gasteiger partial charge on any atom is -0.493 e. The van der Waals surface area contributed by atoms with Crippen LogP contribution < -0.4 is 9.47 Å². The van der Waals surface area contributed by atoms with Crippen LogP contribution in [0.4, 0.5) is 0 Å². The van der Waals surface area contributed by atoms with Gasteiger partial charge in [-0.15, -0.1) is 0 Å². The van der Waals surface area contributed by atoms with E-state index in [1.54, 1.807) is 19.2 Å². The lowest BCUT2D eigenvalue weighted by Crippen LogP contribution is -1.93. The predicted molar refractivity (Wildman–Crippen MR) is 79.8 cm³/mol. The molecule has 0 saturated heterocycles. The van der Waals surface area contributed by atoms with E-state index in [1.165, 1.54) is 7.11 Å². The van der Waals surface area contributed by atoms with Gasteiger partial charge in [0.05, 0.1) is 24.1 Å². The molecule has 1 heterocycles. The van der Waals surface area contributed by atoms with Crippen molar-refractivity contribution in [2.45, 2.75) is 18.2 Å². The van der Waals surface area contributed by atoms with Crippen LogP contribution in [0.1, 0.15) is 24.1 Å². The maximum absolute atomic E-state index is 6.16. The molecule has 0 N–H and O–H groups in total. The van der Waals surface area contributed by atoms with Gasteiger partial charge in [0.1, 0.15) is 0 Å². The fraction of sp³-hybridized carbons (Fsp3) is 0.385. The Morgan fingerprint density at radius 1 is 1.35 bits per heavy atom. The molecule has 1 aromatic heterocycles. The summed E-state index contributed by atoms with van der Waals surface area (Å²) in [5.74, 6) is 2.00. The minimum absolute atomic E-state index is 0.0411. The van der Waals surface area contributed by atoms with Crippen molar-refractivity contribution in [3.05, 3.63) is 23.0 Å². The molecule has 7 heteroatoms. The number of ether oxygens (including phenoxy) is 2. The van der Waals surface area contributed by atoms with Crippen molar-refractivity contribution >= 4 is 27.5 Å². The maximum atomic E-state index is 6.16. The SMILES string of the molecule is CCC(Br)c1nc(-c2cc(Cl)c(OC)c(OC)c2)no1. The van der Waals surface area contributed by atoms with E-state index in [0.717, 1.165) is 6.42 Å². The number of nitrogens with zero attached hydrogens (tertiary/aromatic N) is 2. The lowest BCUT2D eigenvalue weighted by molar-refractivity contribution is 0.355. The molecule has 108 valence electrons. The highest BCUT2D eigenvalue weighted by Crippen LogP contribution is 2.39. The van der Waals surface area contributed by atoms with Crippen LogP contribution in [-0.2, 0) is 0 Å². The highest BCUT2D eigenvalue weighted by Gasteiger charge is 2.18. The first-order valence-electron chi connectivity index (χ1n) is 6.00. The molecule has 0 radical (unpaired) electrons.